The summed E-state index contributed by atoms with van der Waals surface area (Å²) in [5, 5.41) is 0. The Morgan fingerprint density at radius 2 is 1.90 bits per heavy atom. The van der Waals surface area contributed by atoms with Crippen LogP contribution in [0.3, 0.4) is 0 Å². The summed E-state index contributed by atoms with van der Waals surface area (Å²) in [6.07, 6.45) is 4.28. The first kappa shape index (κ1) is 7.35. The molecule has 0 aromatic carbocycles. The highest BCUT2D eigenvalue weighted by atomic mass is 16.5. The zero-order valence-electron chi connectivity index (χ0n) is 6.45. The molecule has 2 heteroatoms. The molecule has 1 aromatic heterocycles. The molecule has 0 unspecified atom stereocenters. The molecule has 0 spiro atoms. The molecular formula is C8H13NO. The Morgan fingerprint density at radius 3 is 2.40 bits per heavy atom. The van der Waals surface area contributed by atoms with E-state index in [1.807, 2.05) is 42.9 Å². The van der Waals surface area contributed by atoms with E-state index in [2.05, 4.69) is 0 Å². The molecule has 56 valence electrons. The number of hydrogen-bond acceptors (Lipinski definition) is 1. The van der Waals surface area contributed by atoms with Gasteiger partial charge in [0.1, 0.15) is 6.73 Å². The maximum atomic E-state index is 5.35. The summed E-state index contributed by atoms with van der Waals surface area (Å²) in [6, 6.07) is 3.98. The van der Waals surface area contributed by atoms with Gasteiger partial charge in [-0.05, 0) is 26.0 Å². The molecule has 0 aliphatic rings. The molecule has 1 heterocycles. The third kappa shape index (κ3) is 2.23. The van der Waals surface area contributed by atoms with Crippen molar-refractivity contribution >= 4 is 0 Å². The molecule has 0 atom stereocenters. The summed E-state index contributed by atoms with van der Waals surface area (Å²) < 4.78 is 7.35. The molecular weight excluding hydrogens is 126 g/mol. The van der Waals surface area contributed by atoms with Crippen LogP contribution in [0.4, 0.5) is 0 Å². The third-order valence-electron chi connectivity index (χ3n) is 1.22. The average Bonchev–Trinajstić information content (AvgIpc) is 2.34. The van der Waals surface area contributed by atoms with Crippen LogP contribution in [0.1, 0.15) is 13.8 Å². The highest BCUT2D eigenvalue weighted by molar-refractivity contribution is 4.89. The van der Waals surface area contributed by atoms with E-state index >= 15 is 0 Å². The van der Waals surface area contributed by atoms with Gasteiger partial charge in [-0.3, -0.25) is 0 Å². The number of ether oxygens (including phenoxy) is 1. The molecule has 0 radical (unpaired) electrons. The molecule has 0 saturated carbocycles. The second-order valence-corrected chi connectivity index (χ2v) is 2.54. The number of aromatic nitrogens is 1. The Kier molecular flexibility index (Phi) is 2.51. The highest BCUT2D eigenvalue weighted by Crippen LogP contribution is 1.94. The summed E-state index contributed by atoms with van der Waals surface area (Å²) in [7, 11) is 0. The highest BCUT2D eigenvalue weighted by Gasteiger charge is 1.91. The van der Waals surface area contributed by atoms with Gasteiger partial charge in [-0.1, -0.05) is 0 Å². The van der Waals surface area contributed by atoms with Crippen molar-refractivity contribution in [2.75, 3.05) is 0 Å². The van der Waals surface area contributed by atoms with Crippen molar-refractivity contribution in [3.05, 3.63) is 24.5 Å². The average molecular weight is 139 g/mol. The lowest BCUT2D eigenvalue weighted by Gasteiger charge is -2.07. The molecule has 0 aliphatic heterocycles. The summed E-state index contributed by atoms with van der Waals surface area (Å²) in [5.41, 5.74) is 0. The van der Waals surface area contributed by atoms with Gasteiger partial charge in [0.2, 0.25) is 0 Å². The Labute approximate surface area is 61.4 Å². The van der Waals surface area contributed by atoms with Crippen LogP contribution >= 0.6 is 0 Å². The molecule has 1 rings (SSSR count). The second kappa shape index (κ2) is 3.42. The van der Waals surface area contributed by atoms with E-state index in [0.717, 1.165) is 0 Å². The fourth-order valence-corrected chi connectivity index (χ4v) is 0.691. The minimum atomic E-state index is 0.308. The molecule has 0 amide bonds. The smallest absolute Gasteiger partial charge is 0.122 e. The predicted octanol–water partition coefficient (Wildman–Crippen LogP) is 1.87. The number of hydrogen-bond donors (Lipinski definition) is 0. The van der Waals surface area contributed by atoms with Gasteiger partial charge in [0.15, 0.2) is 0 Å². The SMILES string of the molecule is CC(C)OCn1cccc1. The van der Waals surface area contributed by atoms with Gasteiger partial charge in [-0.25, -0.2) is 0 Å². The van der Waals surface area contributed by atoms with E-state index in [1.165, 1.54) is 0 Å². The largest absolute Gasteiger partial charge is 0.358 e. The van der Waals surface area contributed by atoms with Crippen LogP contribution in [-0.2, 0) is 11.5 Å². The molecule has 0 N–H and O–H groups in total. The Balaban J connectivity index is 2.28. The summed E-state index contributed by atoms with van der Waals surface area (Å²) in [4.78, 5) is 0. The normalized spacial score (nSPS) is 10.7. The third-order valence-corrected chi connectivity index (χ3v) is 1.22. The van der Waals surface area contributed by atoms with Gasteiger partial charge < -0.3 is 9.30 Å². The van der Waals surface area contributed by atoms with Crippen molar-refractivity contribution in [3.63, 3.8) is 0 Å². The van der Waals surface area contributed by atoms with Gasteiger partial charge in [0.05, 0.1) is 6.10 Å². The van der Waals surface area contributed by atoms with Crippen molar-refractivity contribution in [2.24, 2.45) is 0 Å². The summed E-state index contributed by atoms with van der Waals surface area (Å²) >= 11 is 0. The molecule has 10 heavy (non-hydrogen) atoms. The van der Waals surface area contributed by atoms with Crippen molar-refractivity contribution < 1.29 is 4.74 Å². The molecule has 2 nitrogen and oxygen atoms in total. The van der Waals surface area contributed by atoms with Crippen molar-refractivity contribution in [2.45, 2.75) is 26.7 Å². The first-order valence-electron chi connectivity index (χ1n) is 3.51. The lowest BCUT2D eigenvalue weighted by molar-refractivity contribution is 0.0289. The summed E-state index contributed by atoms with van der Waals surface area (Å²) in [6.45, 7) is 4.72. The second-order valence-electron chi connectivity index (χ2n) is 2.54. The molecule has 0 fully saturated rings. The first-order valence-corrected chi connectivity index (χ1v) is 3.51. The van der Waals surface area contributed by atoms with Gasteiger partial charge >= 0.3 is 0 Å². The number of rotatable bonds is 3. The van der Waals surface area contributed by atoms with E-state index < -0.39 is 0 Å². The van der Waals surface area contributed by atoms with E-state index in [0.29, 0.717) is 12.8 Å². The summed E-state index contributed by atoms with van der Waals surface area (Å²) in [5.74, 6) is 0. The van der Waals surface area contributed by atoms with E-state index in [4.69, 9.17) is 4.74 Å². The zero-order valence-corrected chi connectivity index (χ0v) is 6.45. The quantitative estimate of drug-likeness (QED) is 0.623. The van der Waals surface area contributed by atoms with Crippen LogP contribution in [0.25, 0.3) is 0 Å². The van der Waals surface area contributed by atoms with Crippen LogP contribution < -0.4 is 0 Å². The topological polar surface area (TPSA) is 14.2 Å². The van der Waals surface area contributed by atoms with Crippen molar-refractivity contribution in [1.82, 2.24) is 4.57 Å². The lowest BCUT2D eigenvalue weighted by Crippen LogP contribution is -2.06. The van der Waals surface area contributed by atoms with Crippen LogP contribution in [0, 0.1) is 0 Å². The molecule has 0 saturated heterocycles. The van der Waals surface area contributed by atoms with Crippen LogP contribution in [0.2, 0.25) is 0 Å². The Morgan fingerprint density at radius 1 is 1.30 bits per heavy atom. The van der Waals surface area contributed by atoms with Gasteiger partial charge in [-0.15, -0.1) is 0 Å². The Hall–Kier alpha value is -0.760. The lowest BCUT2D eigenvalue weighted by atomic mass is 10.5. The fourth-order valence-electron chi connectivity index (χ4n) is 0.691. The molecule has 0 aliphatic carbocycles. The van der Waals surface area contributed by atoms with E-state index in [9.17, 15) is 0 Å². The van der Waals surface area contributed by atoms with E-state index in [-0.39, 0.29) is 0 Å². The van der Waals surface area contributed by atoms with Gasteiger partial charge in [0.25, 0.3) is 0 Å². The van der Waals surface area contributed by atoms with Gasteiger partial charge in [0, 0.05) is 12.4 Å². The van der Waals surface area contributed by atoms with Crippen molar-refractivity contribution in [1.29, 1.82) is 0 Å². The standard InChI is InChI=1S/C8H13NO/c1-8(2)10-7-9-5-3-4-6-9/h3-6,8H,7H2,1-2H3. The Bertz CT molecular complexity index is 167. The van der Waals surface area contributed by atoms with Crippen molar-refractivity contribution in [3.8, 4) is 0 Å². The van der Waals surface area contributed by atoms with Crippen LogP contribution in [0.5, 0.6) is 0 Å². The maximum absolute atomic E-state index is 5.35. The first-order chi connectivity index (χ1) is 4.79. The minimum absolute atomic E-state index is 0.308. The number of nitrogens with zero attached hydrogens (tertiary/aromatic N) is 1. The fraction of sp³-hybridized carbons (Fsp3) is 0.500. The zero-order chi connectivity index (χ0) is 7.40. The monoisotopic (exact) mass is 139 g/mol. The predicted molar refractivity (Wildman–Crippen MR) is 40.7 cm³/mol. The van der Waals surface area contributed by atoms with Gasteiger partial charge in [-0.2, -0.15) is 0 Å². The minimum Gasteiger partial charge on any atom is -0.358 e. The van der Waals surface area contributed by atoms with Crippen LogP contribution in [-0.4, -0.2) is 10.7 Å². The van der Waals surface area contributed by atoms with E-state index in [1.54, 1.807) is 0 Å². The maximum Gasteiger partial charge on any atom is 0.122 e. The molecule has 1 aromatic rings. The van der Waals surface area contributed by atoms with Crippen LogP contribution in [0.15, 0.2) is 24.5 Å². The molecule has 0 bridgehead atoms.